The van der Waals surface area contributed by atoms with Gasteiger partial charge in [0.15, 0.2) is 11.6 Å². The van der Waals surface area contributed by atoms with Gasteiger partial charge in [-0.3, -0.25) is 0 Å². The second-order valence-corrected chi connectivity index (χ2v) is 10.8. The van der Waals surface area contributed by atoms with E-state index in [1.54, 1.807) is 36.5 Å². The molecule has 0 spiro atoms. The van der Waals surface area contributed by atoms with Crippen molar-refractivity contribution in [3.63, 3.8) is 0 Å². The molecule has 0 bridgehead atoms. The summed E-state index contributed by atoms with van der Waals surface area (Å²) in [5.74, 6) is -0.709. The number of nitrogens with two attached hydrogens (primary N) is 1. The molecule has 1 aromatic rings. The lowest BCUT2D eigenvalue weighted by molar-refractivity contribution is 0.530. The molecule has 176 valence electrons. The van der Waals surface area contributed by atoms with Crippen molar-refractivity contribution in [1.29, 1.82) is 0 Å². The Balaban J connectivity index is 1.74. The van der Waals surface area contributed by atoms with E-state index in [1.165, 1.54) is 14.1 Å². The molecule has 2 aliphatic rings. The second-order valence-electron chi connectivity index (χ2n) is 7.40. The minimum atomic E-state index is -3.79. The monoisotopic (exact) mass is 494 g/mol. The van der Waals surface area contributed by atoms with E-state index in [-0.39, 0.29) is 24.6 Å². The molecule has 0 fully saturated rings. The number of nitrogens with one attached hydrogen (secondary N) is 2. The molecule has 0 saturated heterocycles. The van der Waals surface area contributed by atoms with Crippen molar-refractivity contribution in [2.75, 3.05) is 24.7 Å². The van der Waals surface area contributed by atoms with Gasteiger partial charge in [0.2, 0.25) is 26.0 Å². The van der Waals surface area contributed by atoms with Gasteiger partial charge in [0.1, 0.15) is 0 Å². The lowest BCUT2D eigenvalue weighted by Crippen LogP contribution is -2.20. The summed E-state index contributed by atoms with van der Waals surface area (Å²) in [5, 5.41) is 12.9. The number of hydrogen-bond donors (Lipinski definition) is 3. The zero-order valence-corrected chi connectivity index (χ0v) is 19.5. The first-order valence-corrected chi connectivity index (χ1v) is 12.7. The molecule has 0 amide bonds. The van der Waals surface area contributed by atoms with Crippen molar-refractivity contribution in [3.05, 3.63) is 81.8 Å². The molecule has 13 heteroatoms. The summed E-state index contributed by atoms with van der Waals surface area (Å²) >= 11 is 0. The maximum Gasteiger partial charge on any atom is 0.235 e. The molecule has 1 heterocycles. The van der Waals surface area contributed by atoms with E-state index >= 15 is 0 Å². The van der Waals surface area contributed by atoms with Crippen LogP contribution in [-0.2, 0) is 20.0 Å². The van der Waals surface area contributed by atoms with E-state index in [0.29, 0.717) is 22.5 Å². The summed E-state index contributed by atoms with van der Waals surface area (Å²) < 4.78 is 62.1. The number of primary sulfonamides is 1. The highest BCUT2D eigenvalue weighted by atomic mass is 32.2. The van der Waals surface area contributed by atoms with E-state index in [9.17, 15) is 21.2 Å². The predicted molar refractivity (Wildman–Crippen MR) is 125 cm³/mol. The van der Waals surface area contributed by atoms with Crippen molar-refractivity contribution < 1.29 is 21.2 Å². The van der Waals surface area contributed by atoms with E-state index in [4.69, 9.17) is 5.14 Å². The molecule has 1 aromatic heterocycles. The summed E-state index contributed by atoms with van der Waals surface area (Å²) in [7, 11) is -4.46. The molecule has 33 heavy (non-hydrogen) atoms. The van der Waals surface area contributed by atoms with Gasteiger partial charge >= 0.3 is 0 Å². The van der Waals surface area contributed by atoms with Gasteiger partial charge in [0.05, 0.1) is 6.20 Å². The van der Waals surface area contributed by atoms with Crippen LogP contribution < -0.4 is 15.8 Å². The number of nitrogens with zero attached hydrogens (tertiary/aromatic N) is 3. The smallest absolute Gasteiger partial charge is 0.235 e. The Morgan fingerprint density at radius 3 is 2.15 bits per heavy atom. The SMILES string of the molecule is CN(C)S(=O)(=O)C=C1C=CC=C(Nc2nc(NC3=CC=CC(=CS(N)(=O)=O)C3)ncc2F)C1. The summed E-state index contributed by atoms with van der Waals surface area (Å²) in [6.45, 7) is 0. The Morgan fingerprint density at radius 1 is 1.00 bits per heavy atom. The van der Waals surface area contributed by atoms with Gasteiger partial charge in [-0.25, -0.2) is 35.7 Å². The fourth-order valence-corrected chi connectivity index (χ4v) is 4.24. The third kappa shape index (κ3) is 7.18. The third-order valence-electron chi connectivity index (χ3n) is 4.42. The second kappa shape index (κ2) is 9.79. The van der Waals surface area contributed by atoms with E-state index < -0.39 is 25.9 Å². The normalized spacial score (nSPS) is 19.1. The number of hydrogen-bond acceptors (Lipinski definition) is 8. The van der Waals surface area contributed by atoms with Crippen LogP contribution in [0.2, 0.25) is 0 Å². The average Bonchev–Trinajstić information content (AvgIpc) is 2.69. The minimum Gasteiger partial charge on any atom is -0.341 e. The summed E-state index contributed by atoms with van der Waals surface area (Å²) in [6.07, 6.45) is 11.4. The highest BCUT2D eigenvalue weighted by Crippen LogP contribution is 2.24. The van der Waals surface area contributed by atoms with Crippen LogP contribution in [0.15, 0.2) is 76.0 Å². The Hall–Kier alpha value is -3.13. The average molecular weight is 495 g/mol. The molecule has 0 atom stereocenters. The Kier molecular flexibility index (Phi) is 7.27. The highest BCUT2D eigenvalue weighted by Gasteiger charge is 2.16. The number of halogens is 1. The summed E-state index contributed by atoms with van der Waals surface area (Å²) in [5.41, 5.74) is 2.12. The Labute approximate surface area is 191 Å². The Bertz CT molecular complexity index is 1340. The molecule has 10 nitrogen and oxygen atoms in total. The van der Waals surface area contributed by atoms with Crippen LogP contribution in [0.25, 0.3) is 0 Å². The van der Waals surface area contributed by atoms with Crippen LogP contribution >= 0.6 is 0 Å². The fraction of sp³-hybridized carbons (Fsp3) is 0.200. The van der Waals surface area contributed by atoms with Crippen molar-refractivity contribution in [3.8, 4) is 0 Å². The van der Waals surface area contributed by atoms with Gasteiger partial charge < -0.3 is 10.6 Å². The van der Waals surface area contributed by atoms with Crippen molar-refractivity contribution in [1.82, 2.24) is 14.3 Å². The number of rotatable bonds is 7. The van der Waals surface area contributed by atoms with Gasteiger partial charge in [-0.2, -0.15) is 4.98 Å². The molecule has 0 radical (unpaired) electrons. The van der Waals surface area contributed by atoms with Gasteiger partial charge in [-0.15, -0.1) is 0 Å². The van der Waals surface area contributed by atoms with Gasteiger partial charge in [0.25, 0.3) is 0 Å². The number of allylic oxidation sites excluding steroid dienone is 8. The fourth-order valence-electron chi connectivity index (χ4n) is 2.90. The van der Waals surface area contributed by atoms with Crippen LogP contribution in [0, 0.1) is 5.82 Å². The summed E-state index contributed by atoms with van der Waals surface area (Å²) in [6, 6.07) is 0. The number of sulfonamides is 2. The van der Waals surface area contributed by atoms with E-state index in [1.807, 2.05) is 0 Å². The predicted octanol–water partition coefficient (Wildman–Crippen LogP) is 2.07. The largest absolute Gasteiger partial charge is 0.341 e. The molecular weight excluding hydrogens is 471 g/mol. The molecule has 0 aliphatic heterocycles. The zero-order valence-electron chi connectivity index (χ0n) is 17.9. The minimum absolute atomic E-state index is 0.0910. The van der Waals surface area contributed by atoms with Crippen LogP contribution in [0.3, 0.4) is 0 Å². The van der Waals surface area contributed by atoms with Crippen molar-refractivity contribution >= 4 is 31.8 Å². The molecule has 3 rings (SSSR count). The molecule has 4 N–H and O–H groups in total. The van der Waals surface area contributed by atoms with E-state index in [2.05, 4.69) is 20.6 Å². The number of aromatic nitrogens is 2. The van der Waals surface area contributed by atoms with Gasteiger partial charge in [-0.1, -0.05) is 24.3 Å². The van der Waals surface area contributed by atoms with E-state index in [0.717, 1.165) is 21.3 Å². The standard InChI is InChI=1S/C20H23FN6O4S2/c1-27(2)33(30,31)13-15-6-4-7-16(10-15)24-19-18(21)11-23-20(26-19)25-17-8-3-5-14(9-17)12-32(22,28)29/h3-8,11-13H,9-10H2,1-2H3,(H2,22,28,29)(H2,23,24,25,26). The lowest BCUT2D eigenvalue weighted by atomic mass is 10.1. The van der Waals surface area contributed by atoms with Crippen LogP contribution in [0.5, 0.6) is 0 Å². The highest BCUT2D eigenvalue weighted by molar-refractivity contribution is 7.92. The molecule has 0 unspecified atom stereocenters. The lowest BCUT2D eigenvalue weighted by Gasteiger charge is -2.17. The van der Waals surface area contributed by atoms with Crippen molar-refractivity contribution in [2.45, 2.75) is 12.8 Å². The number of anilines is 2. The molecule has 0 aromatic carbocycles. The first-order chi connectivity index (χ1) is 15.4. The maximum atomic E-state index is 14.3. The first kappa shape index (κ1) is 24.5. The van der Waals surface area contributed by atoms with Gasteiger partial charge in [0, 0.05) is 49.1 Å². The van der Waals surface area contributed by atoms with Crippen LogP contribution in [-0.4, -0.2) is 45.2 Å². The first-order valence-electron chi connectivity index (χ1n) is 9.59. The molecule has 0 saturated carbocycles. The van der Waals surface area contributed by atoms with Crippen molar-refractivity contribution in [2.24, 2.45) is 5.14 Å². The quantitative estimate of drug-likeness (QED) is 0.522. The molecular formula is C20H23FN6O4S2. The Morgan fingerprint density at radius 2 is 1.58 bits per heavy atom. The van der Waals surface area contributed by atoms with Crippen LogP contribution in [0.1, 0.15) is 12.8 Å². The zero-order chi connectivity index (χ0) is 24.2. The van der Waals surface area contributed by atoms with Crippen LogP contribution in [0.4, 0.5) is 16.2 Å². The maximum absolute atomic E-state index is 14.3. The third-order valence-corrected chi connectivity index (χ3v) is 6.67. The molecule has 2 aliphatic carbocycles. The van der Waals surface area contributed by atoms with Gasteiger partial charge in [-0.05, 0) is 23.3 Å². The summed E-state index contributed by atoms with van der Waals surface area (Å²) in [4.78, 5) is 8.06. The topological polar surface area (TPSA) is 147 Å².